The first-order valence-electron chi connectivity index (χ1n) is 12.6. The molecule has 6 heteroatoms. The summed E-state index contributed by atoms with van der Waals surface area (Å²) in [5.41, 5.74) is 6.60. The van der Waals surface area contributed by atoms with Gasteiger partial charge in [-0.05, 0) is 72.4 Å². The van der Waals surface area contributed by atoms with Gasteiger partial charge in [0.05, 0.1) is 11.8 Å². The van der Waals surface area contributed by atoms with Crippen molar-refractivity contribution < 1.29 is 9.21 Å². The fourth-order valence-corrected chi connectivity index (χ4v) is 4.73. The first-order valence-corrected chi connectivity index (χ1v) is 12.6. The number of carbonyl (C=O) groups is 1. The van der Waals surface area contributed by atoms with Crippen LogP contribution in [0.2, 0.25) is 0 Å². The number of furan rings is 1. The number of aryl methyl sites for hydroxylation is 1. The minimum absolute atomic E-state index is 0.0508. The van der Waals surface area contributed by atoms with Gasteiger partial charge in [0.1, 0.15) is 12.1 Å². The van der Waals surface area contributed by atoms with Gasteiger partial charge in [0, 0.05) is 24.5 Å². The zero-order valence-corrected chi connectivity index (χ0v) is 20.7. The zero-order chi connectivity index (χ0) is 25.2. The van der Waals surface area contributed by atoms with E-state index < -0.39 is 0 Å². The third kappa shape index (κ3) is 5.09. The number of hydrogen-bond donors (Lipinski definition) is 1. The van der Waals surface area contributed by atoms with Gasteiger partial charge in [-0.2, -0.15) is 0 Å². The van der Waals surface area contributed by atoms with Crippen LogP contribution in [0.5, 0.6) is 0 Å². The van der Waals surface area contributed by atoms with Gasteiger partial charge < -0.3 is 14.6 Å². The van der Waals surface area contributed by atoms with Crippen LogP contribution in [0.25, 0.3) is 22.0 Å². The van der Waals surface area contributed by atoms with Crippen LogP contribution in [0.15, 0.2) is 95.9 Å². The van der Waals surface area contributed by atoms with Crippen LogP contribution in [0.1, 0.15) is 40.1 Å². The molecule has 6 nitrogen and oxygen atoms in total. The Labute approximate surface area is 216 Å². The van der Waals surface area contributed by atoms with Crippen LogP contribution in [0.3, 0.4) is 0 Å². The van der Waals surface area contributed by atoms with Crippen molar-refractivity contribution in [3.8, 4) is 11.1 Å². The largest absolute Gasteiger partial charge is 0.459 e. The van der Waals surface area contributed by atoms with Gasteiger partial charge in [-0.15, -0.1) is 0 Å². The van der Waals surface area contributed by atoms with Gasteiger partial charge in [0.15, 0.2) is 5.76 Å². The molecule has 2 heterocycles. The molecule has 1 saturated carbocycles. The van der Waals surface area contributed by atoms with E-state index in [2.05, 4.69) is 82.9 Å². The smallest absolute Gasteiger partial charge is 0.290 e. The number of hydrogen-bond acceptors (Lipinski definition) is 5. The number of fused-ring (bicyclic) bond motifs is 1. The molecule has 1 fully saturated rings. The van der Waals surface area contributed by atoms with E-state index in [-0.39, 0.29) is 11.9 Å². The molecule has 5 aromatic rings. The summed E-state index contributed by atoms with van der Waals surface area (Å²) in [6.07, 6.45) is 5.22. The first-order chi connectivity index (χ1) is 18.1. The molecule has 0 unspecified atom stereocenters. The maximum Gasteiger partial charge on any atom is 0.290 e. The van der Waals surface area contributed by atoms with E-state index in [0.717, 1.165) is 46.3 Å². The fourth-order valence-electron chi connectivity index (χ4n) is 4.73. The van der Waals surface area contributed by atoms with Gasteiger partial charge in [-0.25, -0.2) is 9.97 Å². The second-order valence-corrected chi connectivity index (χ2v) is 9.64. The Balaban J connectivity index is 1.26. The summed E-state index contributed by atoms with van der Waals surface area (Å²) in [4.78, 5) is 24.0. The van der Waals surface area contributed by atoms with Crippen molar-refractivity contribution in [1.29, 1.82) is 0 Å². The topological polar surface area (TPSA) is 71.3 Å². The molecule has 6 rings (SSSR count). The van der Waals surface area contributed by atoms with Crippen LogP contribution in [-0.2, 0) is 13.1 Å². The molecular weight excluding hydrogens is 460 g/mol. The number of amides is 1. The molecule has 1 N–H and O–H groups in total. The summed E-state index contributed by atoms with van der Waals surface area (Å²) in [5, 5.41) is 4.47. The number of carbonyl (C=O) groups excluding carboxylic acids is 1. The van der Waals surface area contributed by atoms with Crippen molar-refractivity contribution in [2.24, 2.45) is 0 Å². The second kappa shape index (κ2) is 9.90. The predicted molar refractivity (Wildman–Crippen MR) is 145 cm³/mol. The standard InChI is InChI=1S/C31H28N4O2/c1-21-5-2-6-22(15-21)18-32-30-27-17-25(10-13-28(27)33-20-34-30)24-8-3-7-23(16-24)19-35(26-11-12-26)31(36)29-9-4-14-37-29/h2-10,13-17,20,26H,11-12,18-19H2,1H3,(H,32,33,34). The van der Waals surface area contributed by atoms with E-state index >= 15 is 0 Å². The highest BCUT2D eigenvalue weighted by Gasteiger charge is 2.34. The van der Waals surface area contributed by atoms with Crippen molar-refractivity contribution in [3.05, 3.63) is 114 Å². The minimum atomic E-state index is -0.0508. The Morgan fingerprint density at radius 3 is 2.59 bits per heavy atom. The minimum Gasteiger partial charge on any atom is -0.459 e. The Morgan fingerprint density at radius 1 is 0.946 bits per heavy atom. The second-order valence-electron chi connectivity index (χ2n) is 9.64. The van der Waals surface area contributed by atoms with Crippen molar-refractivity contribution in [3.63, 3.8) is 0 Å². The summed E-state index contributed by atoms with van der Waals surface area (Å²) >= 11 is 0. The maximum absolute atomic E-state index is 13.0. The van der Waals surface area contributed by atoms with Gasteiger partial charge in [-0.3, -0.25) is 4.79 Å². The molecule has 0 aliphatic heterocycles. The summed E-state index contributed by atoms with van der Waals surface area (Å²) in [5.74, 6) is 1.15. The summed E-state index contributed by atoms with van der Waals surface area (Å²) in [6.45, 7) is 3.34. The summed E-state index contributed by atoms with van der Waals surface area (Å²) in [7, 11) is 0. The zero-order valence-electron chi connectivity index (χ0n) is 20.7. The van der Waals surface area contributed by atoms with E-state index in [9.17, 15) is 4.79 Å². The van der Waals surface area contributed by atoms with E-state index in [0.29, 0.717) is 18.8 Å². The van der Waals surface area contributed by atoms with Gasteiger partial charge in [-0.1, -0.05) is 54.1 Å². The van der Waals surface area contributed by atoms with Gasteiger partial charge in [0.25, 0.3) is 5.91 Å². The Bertz CT molecular complexity index is 1560. The normalized spacial score (nSPS) is 13.0. The molecule has 37 heavy (non-hydrogen) atoms. The lowest BCUT2D eigenvalue weighted by Crippen LogP contribution is -2.32. The molecule has 1 aliphatic rings. The first kappa shape index (κ1) is 23.0. The monoisotopic (exact) mass is 488 g/mol. The van der Waals surface area contributed by atoms with Gasteiger partial charge in [0.2, 0.25) is 0 Å². The molecule has 1 amide bonds. The number of aromatic nitrogens is 2. The fraction of sp³-hybridized carbons (Fsp3) is 0.194. The number of benzene rings is 3. The van der Waals surface area contributed by atoms with E-state index in [1.807, 2.05) is 11.0 Å². The molecule has 0 atom stereocenters. The highest BCUT2D eigenvalue weighted by Crippen LogP contribution is 2.32. The third-order valence-corrected chi connectivity index (χ3v) is 6.77. The van der Waals surface area contributed by atoms with E-state index in [1.165, 1.54) is 11.1 Å². The van der Waals surface area contributed by atoms with Crippen LogP contribution < -0.4 is 5.32 Å². The van der Waals surface area contributed by atoms with E-state index in [4.69, 9.17) is 4.42 Å². The molecule has 0 bridgehead atoms. The maximum atomic E-state index is 13.0. The summed E-state index contributed by atoms with van der Waals surface area (Å²) in [6, 6.07) is 26.9. The molecule has 0 radical (unpaired) electrons. The number of nitrogens with zero attached hydrogens (tertiary/aromatic N) is 3. The highest BCUT2D eigenvalue weighted by atomic mass is 16.3. The third-order valence-electron chi connectivity index (χ3n) is 6.77. The molecule has 0 saturated heterocycles. The average Bonchev–Trinajstić information content (AvgIpc) is 3.62. The highest BCUT2D eigenvalue weighted by molar-refractivity contribution is 5.93. The molecule has 1 aliphatic carbocycles. The lowest BCUT2D eigenvalue weighted by atomic mass is 10.0. The Hall–Kier alpha value is -4.45. The molecule has 0 spiro atoms. The molecule has 184 valence electrons. The van der Waals surface area contributed by atoms with Gasteiger partial charge >= 0.3 is 0 Å². The number of anilines is 1. The van der Waals surface area contributed by atoms with Crippen molar-refractivity contribution in [2.75, 3.05) is 5.32 Å². The Morgan fingerprint density at radius 2 is 1.78 bits per heavy atom. The van der Waals surface area contributed by atoms with Crippen LogP contribution in [0.4, 0.5) is 5.82 Å². The quantitative estimate of drug-likeness (QED) is 0.266. The van der Waals surface area contributed by atoms with Crippen LogP contribution in [-0.4, -0.2) is 26.8 Å². The van der Waals surface area contributed by atoms with Crippen molar-refractivity contribution >= 4 is 22.6 Å². The van der Waals surface area contributed by atoms with Crippen molar-refractivity contribution in [1.82, 2.24) is 14.9 Å². The number of nitrogens with one attached hydrogen (secondary N) is 1. The molecular formula is C31H28N4O2. The lowest BCUT2D eigenvalue weighted by Gasteiger charge is -2.22. The molecule has 3 aromatic carbocycles. The van der Waals surface area contributed by atoms with Crippen LogP contribution in [0, 0.1) is 6.92 Å². The van der Waals surface area contributed by atoms with E-state index in [1.54, 1.807) is 24.7 Å². The summed E-state index contributed by atoms with van der Waals surface area (Å²) < 4.78 is 5.38. The SMILES string of the molecule is Cc1cccc(CNc2ncnc3ccc(-c4cccc(CN(C(=O)c5ccco5)C5CC5)c4)cc23)c1. The lowest BCUT2D eigenvalue weighted by molar-refractivity contribution is 0.0697. The predicted octanol–water partition coefficient (Wildman–Crippen LogP) is 6.62. The van der Waals surface area contributed by atoms with Crippen LogP contribution >= 0.6 is 0 Å². The number of rotatable bonds is 8. The molecule has 2 aromatic heterocycles. The average molecular weight is 489 g/mol. The van der Waals surface area contributed by atoms with Crippen molar-refractivity contribution in [2.45, 2.75) is 38.9 Å². The Kier molecular flexibility index (Phi) is 6.15.